The van der Waals surface area contributed by atoms with Gasteiger partial charge in [-0.25, -0.2) is 9.78 Å². The van der Waals surface area contributed by atoms with Crippen molar-refractivity contribution in [1.82, 2.24) is 4.98 Å². The summed E-state index contributed by atoms with van der Waals surface area (Å²) in [4.78, 5) is 18.0. The molecule has 3 aromatic carbocycles. The fourth-order valence-electron chi connectivity index (χ4n) is 3.89. The zero-order chi connectivity index (χ0) is 25.6. The molecule has 5 nitrogen and oxygen atoms in total. The first-order chi connectivity index (χ1) is 18.1. The molecular formula is C30H24N4OS2. The molecule has 0 aliphatic carbocycles. The summed E-state index contributed by atoms with van der Waals surface area (Å²) in [5.41, 5.74) is 11.7. The van der Waals surface area contributed by atoms with E-state index < -0.39 is 0 Å². The molecule has 2 aromatic heterocycles. The number of nitrogens with two attached hydrogens (primary N) is 1. The predicted octanol–water partition coefficient (Wildman–Crippen LogP) is 7.64. The Balaban J connectivity index is 1.31. The Morgan fingerprint density at radius 3 is 2.57 bits per heavy atom. The normalized spacial score (nSPS) is 10.5. The van der Waals surface area contributed by atoms with E-state index >= 15 is 0 Å². The predicted molar refractivity (Wildman–Crippen MR) is 157 cm³/mol. The Labute approximate surface area is 224 Å². The van der Waals surface area contributed by atoms with Crippen LogP contribution in [0.25, 0.3) is 21.2 Å². The SMILES string of the molecule is Cc1cccc(NC(=O)Nc2ccc(-c3csc4c(C#CCSc5ccccc5)cnc(N)c34)cc2)c1. The number of urea groups is 1. The summed E-state index contributed by atoms with van der Waals surface area (Å²) in [6.45, 7) is 1.98. The van der Waals surface area contributed by atoms with Crippen molar-refractivity contribution >= 4 is 56.4 Å². The number of nitrogens with one attached hydrogen (secondary N) is 2. The van der Waals surface area contributed by atoms with E-state index in [1.807, 2.05) is 73.7 Å². The number of aryl methyl sites for hydroxylation is 1. The maximum absolute atomic E-state index is 12.4. The number of thioether (sulfide) groups is 1. The molecule has 0 radical (unpaired) electrons. The van der Waals surface area contributed by atoms with E-state index in [2.05, 4.69) is 45.0 Å². The van der Waals surface area contributed by atoms with Gasteiger partial charge in [0.1, 0.15) is 5.82 Å². The summed E-state index contributed by atoms with van der Waals surface area (Å²) in [5.74, 6) is 7.70. The van der Waals surface area contributed by atoms with Crippen molar-refractivity contribution in [3.8, 4) is 23.0 Å². The van der Waals surface area contributed by atoms with Gasteiger partial charge < -0.3 is 16.4 Å². The fourth-order valence-corrected chi connectivity index (χ4v) is 5.60. The van der Waals surface area contributed by atoms with Crippen LogP contribution in [0.15, 0.2) is 95.3 Å². The van der Waals surface area contributed by atoms with E-state index in [1.165, 1.54) is 4.90 Å². The Morgan fingerprint density at radius 2 is 1.78 bits per heavy atom. The van der Waals surface area contributed by atoms with Crippen LogP contribution in [0.4, 0.5) is 22.0 Å². The lowest BCUT2D eigenvalue weighted by molar-refractivity contribution is 0.262. The van der Waals surface area contributed by atoms with Crippen LogP contribution < -0.4 is 16.4 Å². The number of nitrogen functional groups attached to an aromatic ring is 1. The van der Waals surface area contributed by atoms with Crippen LogP contribution in [0.1, 0.15) is 11.1 Å². The number of hydrogen-bond acceptors (Lipinski definition) is 5. The van der Waals surface area contributed by atoms with Gasteiger partial charge in [0.2, 0.25) is 0 Å². The third-order valence-corrected chi connectivity index (χ3v) is 7.54. The Hall–Kier alpha value is -4.25. The van der Waals surface area contributed by atoms with Crippen molar-refractivity contribution in [1.29, 1.82) is 0 Å². The number of fused-ring (bicyclic) bond motifs is 1. The first kappa shape index (κ1) is 24.4. The van der Waals surface area contributed by atoms with Crippen molar-refractivity contribution in [3.63, 3.8) is 0 Å². The van der Waals surface area contributed by atoms with E-state index in [-0.39, 0.29) is 6.03 Å². The van der Waals surface area contributed by atoms with E-state index in [9.17, 15) is 4.79 Å². The summed E-state index contributed by atoms with van der Waals surface area (Å²) in [6, 6.07) is 25.3. The average molecular weight is 521 g/mol. The Kier molecular flexibility index (Phi) is 7.41. The van der Waals surface area contributed by atoms with Crippen LogP contribution >= 0.6 is 23.1 Å². The number of carbonyl (C=O) groups is 1. The Morgan fingerprint density at radius 1 is 1.00 bits per heavy atom. The third-order valence-electron chi connectivity index (χ3n) is 5.63. The molecule has 0 unspecified atom stereocenters. The van der Waals surface area contributed by atoms with Gasteiger partial charge in [-0.2, -0.15) is 0 Å². The lowest BCUT2D eigenvalue weighted by Crippen LogP contribution is -2.19. The van der Waals surface area contributed by atoms with Crippen LogP contribution in [0.2, 0.25) is 0 Å². The van der Waals surface area contributed by atoms with E-state index in [0.29, 0.717) is 17.3 Å². The second kappa shape index (κ2) is 11.2. The number of hydrogen-bond donors (Lipinski definition) is 3. The minimum Gasteiger partial charge on any atom is -0.383 e. The van der Waals surface area contributed by atoms with Gasteiger partial charge in [-0.1, -0.05) is 54.3 Å². The molecule has 182 valence electrons. The van der Waals surface area contributed by atoms with Crippen molar-refractivity contribution < 1.29 is 4.79 Å². The van der Waals surface area contributed by atoms with E-state index in [1.54, 1.807) is 29.3 Å². The summed E-state index contributed by atoms with van der Waals surface area (Å²) in [6.07, 6.45) is 1.75. The fraction of sp³-hybridized carbons (Fsp3) is 0.0667. The summed E-state index contributed by atoms with van der Waals surface area (Å²) in [5, 5.41) is 8.72. The largest absolute Gasteiger partial charge is 0.383 e. The molecule has 4 N–H and O–H groups in total. The summed E-state index contributed by atoms with van der Waals surface area (Å²) in [7, 11) is 0. The molecule has 0 aliphatic rings. The van der Waals surface area contributed by atoms with Gasteiger partial charge in [0.05, 0.1) is 16.0 Å². The monoisotopic (exact) mass is 520 g/mol. The number of pyridine rings is 1. The van der Waals surface area contributed by atoms with Gasteiger partial charge in [0.15, 0.2) is 0 Å². The number of nitrogens with zero attached hydrogens (tertiary/aromatic N) is 1. The smallest absolute Gasteiger partial charge is 0.323 e. The molecule has 5 aromatic rings. The molecule has 7 heteroatoms. The number of amides is 2. The van der Waals surface area contributed by atoms with Crippen LogP contribution in [0.5, 0.6) is 0 Å². The molecule has 0 aliphatic heterocycles. The molecule has 37 heavy (non-hydrogen) atoms. The number of aromatic nitrogens is 1. The molecule has 2 heterocycles. The highest BCUT2D eigenvalue weighted by atomic mass is 32.2. The van der Waals surface area contributed by atoms with Gasteiger partial charge in [-0.15, -0.1) is 23.1 Å². The zero-order valence-corrected chi connectivity index (χ0v) is 21.7. The van der Waals surface area contributed by atoms with Gasteiger partial charge >= 0.3 is 6.03 Å². The maximum Gasteiger partial charge on any atom is 0.323 e. The first-order valence-corrected chi connectivity index (χ1v) is 13.5. The summed E-state index contributed by atoms with van der Waals surface area (Å²) < 4.78 is 1.03. The second-order valence-corrected chi connectivity index (χ2v) is 10.3. The topological polar surface area (TPSA) is 80.0 Å². The first-order valence-electron chi connectivity index (χ1n) is 11.6. The molecule has 0 saturated heterocycles. The zero-order valence-electron chi connectivity index (χ0n) is 20.1. The van der Waals surface area contributed by atoms with Crippen molar-refractivity contribution in [2.75, 3.05) is 22.1 Å². The summed E-state index contributed by atoms with van der Waals surface area (Å²) >= 11 is 3.32. The number of thiophene rings is 1. The highest BCUT2D eigenvalue weighted by Crippen LogP contribution is 2.38. The highest BCUT2D eigenvalue weighted by molar-refractivity contribution is 7.99. The van der Waals surface area contributed by atoms with Gasteiger partial charge in [0, 0.05) is 33.4 Å². The standard InChI is InChI=1S/C30H24N4OS2/c1-20-7-5-9-24(17-20)34-30(35)33-23-14-12-21(13-15-23)26-19-37-28-22(18-32-29(31)27(26)28)8-6-16-36-25-10-3-2-4-11-25/h2-5,7,9-15,17-19H,16H2,1H3,(H2,31,32)(H2,33,34,35). The maximum atomic E-state index is 12.4. The van der Waals surface area contributed by atoms with Gasteiger partial charge in [-0.3, -0.25) is 0 Å². The molecular weight excluding hydrogens is 496 g/mol. The molecule has 5 rings (SSSR count). The molecule has 0 atom stereocenters. The average Bonchev–Trinajstić information content (AvgIpc) is 3.35. The molecule has 0 bridgehead atoms. The quantitative estimate of drug-likeness (QED) is 0.164. The van der Waals surface area contributed by atoms with Crippen molar-refractivity contribution in [3.05, 3.63) is 102 Å². The Bertz CT molecular complexity index is 1620. The number of benzene rings is 3. The van der Waals surface area contributed by atoms with Crippen LogP contribution in [0.3, 0.4) is 0 Å². The number of carbonyl (C=O) groups excluding carboxylic acids is 1. The highest BCUT2D eigenvalue weighted by Gasteiger charge is 2.13. The minimum absolute atomic E-state index is 0.290. The number of anilines is 3. The molecule has 0 fully saturated rings. The van der Waals surface area contributed by atoms with Crippen molar-refractivity contribution in [2.45, 2.75) is 11.8 Å². The lowest BCUT2D eigenvalue weighted by atomic mass is 10.0. The molecule has 0 saturated carbocycles. The minimum atomic E-state index is -0.290. The van der Waals surface area contributed by atoms with Crippen molar-refractivity contribution in [2.24, 2.45) is 0 Å². The third kappa shape index (κ3) is 5.95. The van der Waals surface area contributed by atoms with Crippen LogP contribution in [-0.2, 0) is 0 Å². The van der Waals surface area contributed by atoms with E-state index in [4.69, 9.17) is 5.73 Å². The van der Waals surface area contributed by atoms with E-state index in [0.717, 1.165) is 38.0 Å². The van der Waals surface area contributed by atoms with Gasteiger partial charge in [-0.05, 0) is 59.8 Å². The molecule has 2 amide bonds. The second-order valence-electron chi connectivity index (χ2n) is 8.34. The van der Waals surface area contributed by atoms with Crippen LogP contribution in [0, 0.1) is 18.8 Å². The molecule has 0 spiro atoms. The van der Waals surface area contributed by atoms with Gasteiger partial charge in [0.25, 0.3) is 0 Å². The van der Waals surface area contributed by atoms with Crippen LogP contribution in [-0.4, -0.2) is 16.8 Å². The number of rotatable bonds is 5. The lowest BCUT2D eigenvalue weighted by Gasteiger charge is -2.09.